The average molecular weight is 303 g/mol. The van der Waals surface area contributed by atoms with Crippen LogP contribution in [0.5, 0.6) is 0 Å². The van der Waals surface area contributed by atoms with Crippen molar-refractivity contribution < 1.29 is 9.84 Å². The summed E-state index contributed by atoms with van der Waals surface area (Å²) in [5.41, 5.74) is 0.530. The van der Waals surface area contributed by atoms with Crippen molar-refractivity contribution in [3.05, 3.63) is 33.8 Å². The third kappa shape index (κ3) is 3.43. The standard InChI is InChI=1S/C15H20Cl2O2/c1-2-19-15(7-3-4-8-15)14(18)9-11-5-6-12(16)10-13(11)17/h5-6,10,14,18H,2-4,7-9H2,1H3. The van der Waals surface area contributed by atoms with Crippen LogP contribution in [0.1, 0.15) is 38.2 Å². The van der Waals surface area contributed by atoms with E-state index in [1.165, 1.54) is 0 Å². The maximum Gasteiger partial charge on any atom is 0.0943 e. The first kappa shape index (κ1) is 15.1. The molecular weight excluding hydrogens is 283 g/mol. The van der Waals surface area contributed by atoms with Crippen molar-refractivity contribution in [2.75, 3.05) is 6.61 Å². The summed E-state index contributed by atoms with van der Waals surface area (Å²) >= 11 is 12.1. The van der Waals surface area contributed by atoms with E-state index in [4.69, 9.17) is 27.9 Å². The molecule has 0 spiro atoms. The minimum atomic E-state index is -0.520. The fourth-order valence-corrected chi connectivity index (χ4v) is 3.40. The van der Waals surface area contributed by atoms with Crippen molar-refractivity contribution in [1.82, 2.24) is 0 Å². The van der Waals surface area contributed by atoms with Gasteiger partial charge in [0.25, 0.3) is 0 Å². The van der Waals surface area contributed by atoms with E-state index in [9.17, 15) is 5.11 Å². The largest absolute Gasteiger partial charge is 0.390 e. The molecule has 1 N–H and O–H groups in total. The molecule has 1 aromatic carbocycles. The molecule has 1 aliphatic carbocycles. The highest BCUT2D eigenvalue weighted by atomic mass is 35.5. The topological polar surface area (TPSA) is 29.5 Å². The second kappa shape index (κ2) is 6.45. The van der Waals surface area contributed by atoms with E-state index in [0.717, 1.165) is 31.2 Å². The van der Waals surface area contributed by atoms with Crippen molar-refractivity contribution in [3.63, 3.8) is 0 Å². The predicted molar refractivity (Wildman–Crippen MR) is 79.0 cm³/mol. The van der Waals surface area contributed by atoms with E-state index in [0.29, 0.717) is 23.1 Å². The lowest BCUT2D eigenvalue weighted by atomic mass is 9.89. The highest BCUT2D eigenvalue weighted by Crippen LogP contribution is 2.38. The molecule has 2 nitrogen and oxygen atoms in total. The van der Waals surface area contributed by atoms with Crippen molar-refractivity contribution in [2.45, 2.75) is 50.7 Å². The van der Waals surface area contributed by atoms with Crippen molar-refractivity contribution in [2.24, 2.45) is 0 Å². The van der Waals surface area contributed by atoms with Gasteiger partial charge in [0.05, 0.1) is 11.7 Å². The summed E-state index contributed by atoms with van der Waals surface area (Å²) in [6.07, 6.45) is 4.07. The second-order valence-electron chi connectivity index (χ2n) is 5.16. The number of ether oxygens (including phenoxy) is 1. The Kier molecular flexibility index (Phi) is 5.13. The van der Waals surface area contributed by atoms with Gasteiger partial charge in [-0.25, -0.2) is 0 Å². The van der Waals surface area contributed by atoms with Gasteiger partial charge in [0.15, 0.2) is 0 Å². The molecule has 0 bridgehead atoms. The van der Waals surface area contributed by atoms with E-state index < -0.39 is 11.7 Å². The monoisotopic (exact) mass is 302 g/mol. The van der Waals surface area contributed by atoms with Crippen LogP contribution in [0.2, 0.25) is 10.0 Å². The van der Waals surface area contributed by atoms with Crippen LogP contribution in [-0.2, 0) is 11.2 Å². The summed E-state index contributed by atoms with van der Waals surface area (Å²) in [5, 5.41) is 11.8. The van der Waals surface area contributed by atoms with Crippen LogP contribution in [0.25, 0.3) is 0 Å². The Morgan fingerprint density at radius 2 is 2.00 bits per heavy atom. The summed E-state index contributed by atoms with van der Waals surface area (Å²) in [6.45, 7) is 2.60. The van der Waals surface area contributed by atoms with E-state index in [-0.39, 0.29) is 0 Å². The Hall–Kier alpha value is -0.280. The Balaban J connectivity index is 2.12. The fourth-order valence-electron chi connectivity index (χ4n) is 2.92. The minimum Gasteiger partial charge on any atom is -0.390 e. The molecule has 0 heterocycles. The maximum atomic E-state index is 10.6. The Morgan fingerprint density at radius 1 is 1.32 bits per heavy atom. The summed E-state index contributed by atoms with van der Waals surface area (Å²) < 4.78 is 5.87. The third-order valence-corrected chi connectivity index (χ3v) is 4.50. The molecule has 1 fully saturated rings. The summed E-state index contributed by atoms with van der Waals surface area (Å²) in [5.74, 6) is 0. The van der Waals surface area contributed by atoms with Crippen LogP contribution in [0.3, 0.4) is 0 Å². The molecule has 0 amide bonds. The number of rotatable bonds is 5. The molecule has 0 saturated heterocycles. The molecule has 1 atom stereocenters. The van der Waals surface area contributed by atoms with Gasteiger partial charge in [0.1, 0.15) is 0 Å². The number of benzene rings is 1. The van der Waals surface area contributed by atoms with Crippen LogP contribution in [0.15, 0.2) is 18.2 Å². The van der Waals surface area contributed by atoms with Gasteiger partial charge in [-0.2, -0.15) is 0 Å². The predicted octanol–water partition coefficient (Wildman–Crippen LogP) is 4.25. The molecule has 1 saturated carbocycles. The SMILES string of the molecule is CCOC1(C(O)Cc2ccc(Cl)cc2Cl)CCCC1. The van der Waals surface area contributed by atoms with E-state index >= 15 is 0 Å². The molecule has 1 aliphatic rings. The number of hydrogen-bond donors (Lipinski definition) is 1. The van der Waals surface area contributed by atoms with Gasteiger partial charge < -0.3 is 9.84 Å². The van der Waals surface area contributed by atoms with E-state index in [2.05, 4.69) is 0 Å². The first-order chi connectivity index (χ1) is 9.07. The summed E-state index contributed by atoms with van der Waals surface area (Å²) in [7, 11) is 0. The zero-order valence-corrected chi connectivity index (χ0v) is 12.7. The quantitative estimate of drug-likeness (QED) is 0.881. The maximum absolute atomic E-state index is 10.6. The van der Waals surface area contributed by atoms with Gasteiger partial charge in [0.2, 0.25) is 0 Å². The fraction of sp³-hybridized carbons (Fsp3) is 0.600. The van der Waals surface area contributed by atoms with Crippen LogP contribution >= 0.6 is 23.2 Å². The highest BCUT2D eigenvalue weighted by molar-refractivity contribution is 6.35. The summed E-state index contributed by atoms with van der Waals surface area (Å²) in [6, 6.07) is 5.40. The third-order valence-electron chi connectivity index (χ3n) is 3.92. The Labute approximate surface area is 124 Å². The first-order valence-electron chi connectivity index (χ1n) is 6.83. The smallest absolute Gasteiger partial charge is 0.0943 e. The molecule has 0 aromatic heterocycles. The van der Waals surface area contributed by atoms with Crippen molar-refractivity contribution in [3.8, 4) is 0 Å². The zero-order valence-electron chi connectivity index (χ0n) is 11.2. The van der Waals surface area contributed by atoms with Gasteiger partial charge in [-0.15, -0.1) is 0 Å². The van der Waals surface area contributed by atoms with Crippen LogP contribution < -0.4 is 0 Å². The number of hydrogen-bond acceptors (Lipinski definition) is 2. The summed E-state index contributed by atoms with van der Waals surface area (Å²) in [4.78, 5) is 0. The lowest BCUT2D eigenvalue weighted by Gasteiger charge is -2.34. The highest BCUT2D eigenvalue weighted by Gasteiger charge is 2.41. The first-order valence-corrected chi connectivity index (χ1v) is 7.59. The van der Waals surface area contributed by atoms with Gasteiger partial charge in [-0.3, -0.25) is 0 Å². The molecular formula is C15H20Cl2O2. The number of halogens is 2. The van der Waals surface area contributed by atoms with Gasteiger partial charge in [-0.05, 0) is 37.5 Å². The molecule has 1 unspecified atom stereocenters. The molecule has 19 heavy (non-hydrogen) atoms. The Morgan fingerprint density at radius 3 is 2.58 bits per heavy atom. The van der Waals surface area contributed by atoms with Crippen LogP contribution in [0, 0.1) is 0 Å². The van der Waals surface area contributed by atoms with Crippen molar-refractivity contribution >= 4 is 23.2 Å². The van der Waals surface area contributed by atoms with E-state index in [1.54, 1.807) is 12.1 Å². The van der Waals surface area contributed by atoms with Crippen LogP contribution in [-0.4, -0.2) is 23.4 Å². The number of aliphatic hydroxyl groups is 1. The van der Waals surface area contributed by atoms with Crippen molar-refractivity contribution in [1.29, 1.82) is 0 Å². The average Bonchev–Trinajstić information content (AvgIpc) is 2.83. The molecule has 0 radical (unpaired) electrons. The molecule has 4 heteroatoms. The molecule has 1 aromatic rings. The van der Waals surface area contributed by atoms with E-state index in [1.807, 2.05) is 13.0 Å². The van der Waals surface area contributed by atoms with Crippen LogP contribution in [0.4, 0.5) is 0 Å². The zero-order chi connectivity index (χ0) is 13.9. The van der Waals surface area contributed by atoms with Gasteiger partial charge in [-0.1, -0.05) is 42.1 Å². The van der Waals surface area contributed by atoms with Gasteiger partial charge >= 0.3 is 0 Å². The lowest BCUT2D eigenvalue weighted by Crippen LogP contribution is -2.43. The second-order valence-corrected chi connectivity index (χ2v) is 6.00. The molecule has 106 valence electrons. The lowest BCUT2D eigenvalue weighted by molar-refractivity contribution is -0.115. The number of aliphatic hydroxyl groups excluding tert-OH is 1. The minimum absolute atomic E-state index is 0.391. The normalized spacial score (nSPS) is 19.6. The molecule has 0 aliphatic heterocycles. The molecule has 2 rings (SSSR count). The Bertz CT molecular complexity index is 428. The van der Waals surface area contributed by atoms with Gasteiger partial charge in [0, 0.05) is 23.1 Å².